The summed E-state index contributed by atoms with van der Waals surface area (Å²) in [5, 5.41) is 2.75. The number of para-hydroxylation sites is 2. The SMILES string of the molecule is C1CCCCC1.CC.CC.CC1CCCCc2ccccc21.CN1c2ccccc2CCc2ccccc21.Cc1cccc2cccc(C)c12.c1ccc(-c2ccc(C3CCCCC3)cc2)cc1. The Kier molecular flexibility index (Phi) is 23.8. The molecule has 0 spiro atoms. The monoisotopic (exact) mass is 906 g/mol. The van der Waals surface area contributed by atoms with Gasteiger partial charge in [-0.25, -0.2) is 0 Å². The van der Waals surface area contributed by atoms with Gasteiger partial charge in [-0.1, -0.05) is 250 Å². The Hall–Kier alpha value is -5.40. The van der Waals surface area contributed by atoms with Crippen LogP contribution in [-0.4, -0.2) is 7.05 Å². The lowest BCUT2D eigenvalue weighted by Gasteiger charge is -2.22. The average molecular weight is 906 g/mol. The molecule has 0 aromatic heterocycles. The van der Waals surface area contributed by atoms with Crippen LogP contribution in [0.2, 0.25) is 0 Å². The van der Waals surface area contributed by atoms with Gasteiger partial charge in [-0.15, -0.1) is 0 Å². The van der Waals surface area contributed by atoms with Crippen LogP contribution in [0.25, 0.3) is 21.9 Å². The number of fused-ring (bicyclic) bond motifs is 4. The normalized spacial score (nSPS) is 15.9. The maximum Gasteiger partial charge on any atom is 0.0440 e. The third-order valence-corrected chi connectivity index (χ3v) is 14.2. The van der Waals surface area contributed by atoms with Gasteiger partial charge in [0.1, 0.15) is 0 Å². The fourth-order valence-corrected chi connectivity index (χ4v) is 10.5. The fourth-order valence-electron chi connectivity index (χ4n) is 10.5. The molecular formula is C67H87N. The minimum Gasteiger partial charge on any atom is -0.344 e. The molecule has 0 N–H and O–H groups in total. The Morgan fingerprint density at radius 1 is 0.382 bits per heavy atom. The molecule has 1 aliphatic heterocycles. The molecule has 1 unspecified atom stereocenters. The Balaban J connectivity index is 0.000000161. The molecule has 0 saturated heterocycles. The first-order valence-electron chi connectivity index (χ1n) is 27.0. The van der Waals surface area contributed by atoms with Crippen LogP contribution in [0.15, 0.2) is 164 Å². The van der Waals surface area contributed by atoms with E-state index in [4.69, 9.17) is 0 Å². The van der Waals surface area contributed by atoms with Crippen molar-refractivity contribution in [1.82, 2.24) is 0 Å². The van der Waals surface area contributed by atoms with Gasteiger partial charge in [0.2, 0.25) is 0 Å². The van der Waals surface area contributed by atoms with Crippen LogP contribution >= 0.6 is 0 Å². The van der Waals surface area contributed by atoms with Crippen LogP contribution in [-0.2, 0) is 19.3 Å². The summed E-state index contributed by atoms with van der Waals surface area (Å²) in [5.74, 6) is 1.59. The molecule has 3 aliphatic carbocycles. The molecule has 4 aliphatic rings. The first-order chi connectivity index (χ1) is 33.5. The van der Waals surface area contributed by atoms with Crippen molar-refractivity contribution in [3.63, 3.8) is 0 Å². The number of nitrogens with zero attached hydrogens (tertiary/aromatic N) is 1. The van der Waals surface area contributed by atoms with E-state index in [2.05, 4.69) is 197 Å². The maximum atomic E-state index is 2.35. The molecule has 2 fully saturated rings. The van der Waals surface area contributed by atoms with E-state index in [1.54, 1.807) is 11.1 Å². The molecule has 0 bridgehead atoms. The van der Waals surface area contributed by atoms with Crippen LogP contribution in [0.4, 0.5) is 11.4 Å². The van der Waals surface area contributed by atoms with Gasteiger partial charge in [-0.05, 0) is 144 Å². The zero-order valence-corrected chi connectivity index (χ0v) is 43.7. The molecule has 360 valence electrons. The summed E-state index contributed by atoms with van der Waals surface area (Å²) in [4.78, 5) is 2.30. The Labute approximate surface area is 415 Å². The van der Waals surface area contributed by atoms with Crippen LogP contribution < -0.4 is 4.90 Å². The topological polar surface area (TPSA) is 3.24 Å². The molecule has 2 saturated carbocycles. The first-order valence-corrected chi connectivity index (χ1v) is 27.0. The maximum absolute atomic E-state index is 2.35. The third kappa shape index (κ3) is 16.1. The zero-order valence-electron chi connectivity index (χ0n) is 43.7. The minimum atomic E-state index is 0.781. The van der Waals surface area contributed by atoms with E-state index < -0.39 is 0 Å². The highest BCUT2D eigenvalue weighted by atomic mass is 15.1. The number of rotatable bonds is 2. The number of anilines is 2. The van der Waals surface area contributed by atoms with E-state index >= 15 is 0 Å². The number of hydrogen-bond donors (Lipinski definition) is 0. The minimum absolute atomic E-state index is 0.781. The third-order valence-electron chi connectivity index (χ3n) is 14.2. The summed E-state index contributed by atoms with van der Waals surface area (Å²) in [6.45, 7) is 14.7. The smallest absolute Gasteiger partial charge is 0.0440 e. The molecule has 0 amide bonds. The van der Waals surface area contributed by atoms with Crippen molar-refractivity contribution in [3.05, 3.63) is 203 Å². The summed E-state index contributed by atoms with van der Waals surface area (Å²) in [5.41, 5.74) is 15.7. The van der Waals surface area contributed by atoms with E-state index in [0.717, 1.165) is 24.7 Å². The Bertz CT molecular complexity index is 2340. The number of hydrogen-bond acceptors (Lipinski definition) is 1. The van der Waals surface area contributed by atoms with Crippen LogP contribution in [0.3, 0.4) is 0 Å². The lowest BCUT2D eigenvalue weighted by Crippen LogP contribution is -2.10. The summed E-state index contributed by atoms with van der Waals surface area (Å²) >= 11 is 0. The van der Waals surface area contributed by atoms with Crippen molar-refractivity contribution in [2.24, 2.45) is 0 Å². The van der Waals surface area contributed by atoms with Gasteiger partial charge in [0.15, 0.2) is 0 Å². The standard InChI is InChI=1S/C18H20.C15H15N.C12H12.C12H16.C6H12.2C2H6/c1-3-7-15(8-4-1)17-11-13-18(14-12-17)16-9-5-2-6-10-16;1-16-14-8-4-2-6-12(14)10-11-13-7-3-5-9-15(13)16;1-9-5-3-7-11-8-4-6-10(2)12(9)11;1-10-6-2-3-7-11-8-4-5-9-12(10)11;1-2-4-6-5-3-1;2*1-2/h1,3-4,7-8,11-14,16H,2,5-6,9-10H2;2-9H,10-11H2,1H3;3-8H,1-2H3;4-5,8-10H,2-3,6-7H2,1H3;1-6H2;2*1-2H3. The molecule has 1 heterocycles. The van der Waals surface area contributed by atoms with E-state index in [1.165, 1.54) is 157 Å². The van der Waals surface area contributed by atoms with Crippen molar-refractivity contribution >= 4 is 22.1 Å². The van der Waals surface area contributed by atoms with Gasteiger partial charge in [0.25, 0.3) is 0 Å². The van der Waals surface area contributed by atoms with Gasteiger partial charge in [-0.3, -0.25) is 0 Å². The molecule has 7 aromatic carbocycles. The molecule has 0 radical (unpaired) electrons. The Morgan fingerprint density at radius 2 is 0.824 bits per heavy atom. The molecule has 68 heavy (non-hydrogen) atoms. The largest absolute Gasteiger partial charge is 0.344 e. The molecule has 11 rings (SSSR count). The molecule has 1 atom stereocenters. The second-order valence-corrected chi connectivity index (χ2v) is 18.9. The Morgan fingerprint density at radius 3 is 1.35 bits per heavy atom. The summed E-state index contributed by atoms with van der Waals surface area (Å²) in [6.07, 6.45) is 23.7. The van der Waals surface area contributed by atoms with Gasteiger partial charge in [0.05, 0.1) is 0 Å². The highest BCUT2D eigenvalue weighted by molar-refractivity contribution is 5.88. The van der Waals surface area contributed by atoms with Crippen molar-refractivity contribution in [1.29, 1.82) is 0 Å². The summed E-state index contributed by atoms with van der Waals surface area (Å²) in [6, 6.07) is 59.0. The van der Waals surface area contributed by atoms with Gasteiger partial charge in [0, 0.05) is 18.4 Å². The molecule has 1 nitrogen and oxygen atoms in total. The summed E-state index contributed by atoms with van der Waals surface area (Å²) in [7, 11) is 2.16. The van der Waals surface area contributed by atoms with E-state index in [1.807, 2.05) is 27.7 Å². The lowest BCUT2D eigenvalue weighted by atomic mass is 9.84. The quantitative estimate of drug-likeness (QED) is 0.156. The highest BCUT2D eigenvalue weighted by Crippen LogP contribution is 2.35. The van der Waals surface area contributed by atoms with Gasteiger partial charge in [-0.2, -0.15) is 0 Å². The van der Waals surface area contributed by atoms with Gasteiger partial charge < -0.3 is 4.90 Å². The number of aryl methyl sites for hydroxylation is 5. The average Bonchev–Trinajstić information content (AvgIpc) is 3.70. The molecule has 7 aromatic rings. The predicted molar refractivity (Wildman–Crippen MR) is 302 cm³/mol. The van der Waals surface area contributed by atoms with E-state index in [9.17, 15) is 0 Å². The summed E-state index contributed by atoms with van der Waals surface area (Å²) < 4.78 is 0. The van der Waals surface area contributed by atoms with Crippen LogP contribution in [0, 0.1) is 13.8 Å². The highest BCUT2D eigenvalue weighted by Gasteiger charge is 2.17. The fraction of sp³-hybridized carbons (Fsp3) is 0.403. The van der Waals surface area contributed by atoms with E-state index in [0.29, 0.717) is 0 Å². The first kappa shape index (κ1) is 53.6. The van der Waals surface area contributed by atoms with Crippen LogP contribution in [0.1, 0.15) is 175 Å². The van der Waals surface area contributed by atoms with Crippen molar-refractivity contribution in [2.75, 3.05) is 11.9 Å². The predicted octanol–water partition coefficient (Wildman–Crippen LogP) is 20.3. The lowest BCUT2D eigenvalue weighted by molar-refractivity contribution is 0.443. The zero-order chi connectivity index (χ0) is 48.4. The second kappa shape index (κ2) is 30.2. The van der Waals surface area contributed by atoms with E-state index in [-0.39, 0.29) is 0 Å². The number of benzene rings is 7. The van der Waals surface area contributed by atoms with Crippen LogP contribution in [0.5, 0.6) is 0 Å². The van der Waals surface area contributed by atoms with Gasteiger partial charge >= 0.3 is 0 Å². The van der Waals surface area contributed by atoms with Crippen molar-refractivity contribution < 1.29 is 0 Å². The van der Waals surface area contributed by atoms with Crippen molar-refractivity contribution in [2.45, 2.75) is 169 Å². The van der Waals surface area contributed by atoms with Crippen molar-refractivity contribution in [3.8, 4) is 11.1 Å². The second-order valence-electron chi connectivity index (χ2n) is 18.9. The molecular weight excluding hydrogens is 819 g/mol. The molecule has 1 heteroatoms.